The van der Waals surface area contributed by atoms with E-state index in [0.29, 0.717) is 0 Å². The Bertz CT molecular complexity index is 305. The largest absolute Gasteiger partial charge is 0.356 e. The van der Waals surface area contributed by atoms with Crippen LogP contribution in [0, 0.1) is 0 Å². The molecule has 0 aromatic rings. The van der Waals surface area contributed by atoms with E-state index in [1.54, 1.807) is 0 Å². The Balaban J connectivity index is 2.59. The highest BCUT2D eigenvalue weighted by molar-refractivity contribution is 7.91. The summed E-state index contributed by atoms with van der Waals surface area (Å²) in [5.74, 6) is 5.01. The van der Waals surface area contributed by atoms with Crippen LogP contribution in [0.1, 0.15) is 0 Å². The van der Waals surface area contributed by atoms with Crippen molar-refractivity contribution in [1.29, 1.82) is 0 Å². The highest BCUT2D eigenvalue weighted by atomic mass is 35.5. The lowest BCUT2D eigenvalue weighted by atomic mass is 10.3. The van der Waals surface area contributed by atoms with Crippen LogP contribution in [0.2, 0.25) is 0 Å². The summed E-state index contributed by atoms with van der Waals surface area (Å²) in [7, 11) is -3.02. The van der Waals surface area contributed by atoms with Crippen LogP contribution in [0.25, 0.3) is 0 Å². The molecular weight excluding hydrogens is 234 g/mol. The molecule has 2 atom stereocenters. The van der Waals surface area contributed by atoms with Gasteiger partial charge in [-0.15, -0.1) is 11.6 Å². The molecule has 0 aliphatic carbocycles. The quantitative estimate of drug-likeness (QED) is 0.231. The minimum atomic E-state index is -3.02. The number of sulfone groups is 1. The molecule has 0 unspecified atom stereocenters. The predicted molar refractivity (Wildman–Crippen MR) is 55.1 cm³/mol. The van der Waals surface area contributed by atoms with E-state index < -0.39 is 15.2 Å². The third-order valence-electron chi connectivity index (χ3n) is 1.73. The molecule has 1 fully saturated rings. The maximum absolute atomic E-state index is 11.1. The molecule has 8 heteroatoms. The number of halogens is 1. The molecule has 0 aromatic heterocycles. The van der Waals surface area contributed by atoms with Crippen molar-refractivity contribution in [3.63, 3.8) is 0 Å². The molecule has 0 amide bonds. The van der Waals surface area contributed by atoms with Crippen LogP contribution in [0.5, 0.6) is 0 Å². The molecule has 0 spiro atoms. The van der Waals surface area contributed by atoms with Crippen LogP contribution < -0.4 is 16.6 Å². The van der Waals surface area contributed by atoms with Crippen LogP contribution in [-0.2, 0) is 9.84 Å². The smallest absolute Gasteiger partial charge is 0.180 e. The van der Waals surface area contributed by atoms with E-state index in [4.69, 9.17) is 29.7 Å². The van der Waals surface area contributed by atoms with Gasteiger partial charge in [0.1, 0.15) is 0 Å². The fraction of sp³-hybridized carbons (Fsp3) is 0.800. The van der Waals surface area contributed by atoms with Gasteiger partial charge in [0.05, 0.1) is 22.9 Å². The molecular formula is C5H10ClN3O2S2. The average Bonchev–Trinajstić information content (AvgIpc) is 2.24. The van der Waals surface area contributed by atoms with Gasteiger partial charge in [-0.05, 0) is 12.2 Å². The molecule has 5 nitrogen and oxygen atoms in total. The minimum absolute atomic E-state index is 0.00296. The molecule has 0 aromatic carbocycles. The zero-order chi connectivity index (χ0) is 10.1. The van der Waals surface area contributed by atoms with E-state index in [-0.39, 0.29) is 22.7 Å². The zero-order valence-corrected chi connectivity index (χ0v) is 9.05. The van der Waals surface area contributed by atoms with Crippen LogP contribution in [0.4, 0.5) is 0 Å². The van der Waals surface area contributed by atoms with Crippen molar-refractivity contribution in [1.82, 2.24) is 10.7 Å². The SMILES string of the molecule is NNC(=S)N[C@@H]1CS(=O)(=O)C[C@H]1Cl. The zero-order valence-electron chi connectivity index (χ0n) is 6.66. The number of hydrazine groups is 1. The highest BCUT2D eigenvalue weighted by Crippen LogP contribution is 2.17. The maximum Gasteiger partial charge on any atom is 0.180 e. The Kier molecular flexibility index (Phi) is 3.33. The van der Waals surface area contributed by atoms with Gasteiger partial charge in [-0.1, -0.05) is 0 Å². The fourth-order valence-corrected chi connectivity index (χ4v) is 3.85. The summed E-state index contributed by atoms with van der Waals surface area (Å²) in [6.45, 7) is 0. The molecule has 0 saturated carbocycles. The summed E-state index contributed by atoms with van der Waals surface area (Å²) in [5, 5.41) is 2.47. The van der Waals surface area contributed by atoms with Crippen molar-refractivity contribution in [2.24, 2.45) is 5.84 Å². The first-order chi connectivity index (χ1) is 5.94. The van der Waals surface area contributed by atoms with Crippen molar-refractivity contribution in [2.45, 2.75) is 11.4 Å². The molecule has 1 heterocycles. The van der Waals surface area contributed by atoms with Gasteiger partial charge in [0, 0.05) is 0 Å². The van der Waals surface area contributed by atoms with E-state index in [0.717, 1.165) is 0 Å². The number of rotatable bonds is 1. The first-order valence-corrected chi connectivity index (χ1v) is 6.23. The summed E-state index contributed by atoms with van der Waals surface area (Å²) >= 11 is 10.5. The molecule has 1 saturated heterocycles. The summed E-state index contributed by atoms with van der Waals surface area (Å²) < 4.78 is 22.2. The standard InChI is InChI=1S/C5H10ClN3O2S2/c6-3-1-13(10,11)2-4(3)8-5(12)9-7/h3-4H,1-2,7H2,(H2,8,9,12)/t3-,4-/m1/s1. The molecule has 0 bridgehead atoms. The summed E-state index contributed by atoms with van der Waals surface area (Å²) in [6.07, 6.45) is 0. The summed E-state index contributed by atoms with van der Waals surface area (Å²) in [4.78, 5) is 0. The van der Waals surface area contributed by atoms with Crippen molar-refractivity contribution in [3.05, 3.63) is 0 Å². The number of hydrogen-bond donors (Lipinski definition) is 3. The number of hydrogen-bond acceptors (Lipinski definition) is 4. The Morgan fingerprint density at radius 3 is 2.54 bits per heavy atom. The lowest BCUT2D eigenvalue weighted by molar-refractivity contribution is 0.600. The van der Waals surface area contributed by atoms with Gasteiger partial charge in [-0.25, -0.2) is 14.3 Å². The molecule has 0 radical (unpaired) electrons. The van der Waals surface area contributed by atoms with E-state index >= 15 is 0 Å². The molecule has 1 aliphatic rings. The topological polar surface area (TPSA) is 84.2 Å². The third-order valence-corrected chi connectivity index (χ3v) is 4.34. The minimum Gasteiger partial charge on any atom is -0.356 e. The Morgan fingerprint density at radius 2 is 2.15 bits per heavy atom. The average molecular weight is 244 g/mol. The fourth-order valence-electron chi connectivity index (χ4n) is 1.15. The van der Waals surface area contributed by atoms with E-state index in [1.165, 1.54) is 0 Å². The van der Waals surface area contributed by atoms with E-state index in [9.17, 15) is 8.42 Å². The Morgan fingerprint density at radius 1 is 1.54 bits per heavy atom. The summed E-state index contributed by atoms with van der Waals surface area (Å²) in [6, 6.07) is -0.352. The first-order valence-electron chi connectivity index (χ1n) is 3.56. The lowest BCUT2D eigenvalue weighted by Crippen LogP contribution is -2.48. The van der Waals surface area contributed by atoms with Gasteiger partial charge in [0.15, 0.2) is 14.9 Å². The maximum atomic E-state index is 11.1. The number of thiocarbonyl (C=S) groups is 1. The highest BCUT2D eigenvalue weighted by Gasteiger charge is 2.36. The van der Waals surface area contributed by atoms with Crippen LogP contribution in [-0.4, -0.2) is 36.5 Å². The van der Waals surface area contributed by atoms with Crippen molar-refractivity contribution in [3.8, 4) is 0 Å². The van der Waals surface area contributed by atoms with E-state index in [1.807, 2.05) is 0 Å². The first kappa shape index (κ1) is 11.0. The number of nitrogens with two attached hydrogens (primary N) is 1. The van der Waals surface area contributed by atoms with Gasteiger partial charge in [0.25, 0.3) is 0 Å². The second-order valence-electron chi connectivity index (χ2n) is 2.82. The molecule has 1 aliphatic heterocycles. The molecule has 4 N–H and O–H groups in total. The third kappa shape index (κ3) is 2.94. The lowest BCUT2D eigenvalue weighted by Gasteiger charge is -2.15. The Hall–Kier alpha value is -0.110. The van der Waals surface area contributed by atoms with Gasteiger partial charge in [-0.2, -0.15) is 0 Å². The van der Waals surface area contributed by atoms with Crippen LogP contribution >= 0.6 is 23.8 Å². The van der Waals surface area contributed by atoms with Crippen molar-refractivity contribution >= 4 is 38.8 Å². The predicted octanol–water partition coefficient (Wildman–Crippen LogP) is -1.27. The normalized spacial score (nSPS) is 31.2. The van der Waals surface area contributed by atoms with Crippen LogP contribution in [0.3, 0.4) is 0 Å². The number of nitrogens with one attached hydrogen (secondary N) is 2. The molecule has 1 rings (SSSR count). The van der Waals surface area contributed by atoms with Gasteiger partial charge < -0.3 is 10.7 Å². The number of alkyl halides is 1. The van der Waals surface area contributed by atoms with Gasteiger partial charge >= 0.3 is 0 Å². The second kappa shape index (κ2) is 3.95. The van der Waals surface area contributed by atoms with Crippen LogP contribution in [0.15, 0.2) is 0 Å². The summed E-state index contributed by atoms with van der Waals surface area (Å²) in [5.41, 5.74) is 2.21. The second-order valence-corrected chi connectivity index (χ2v) is 5.94. The van der Waals surface area contributed by atoms with E-state index in [2.05, 4.69) is 10.7 Å². The molecule has 13 heavy (non-hydrogen) atoms. The van der Waals surface area contributed by atoms with Crippen molar-refractivity contribution in [2.75, 3.05) is 11.5 Å². The monoisotopic (exact) mass is 243 g/mol. The van der Waals surface area contributed by atoms with Crippen molar-refractivity contribution < 1.29 is 8.42 Å². The molecule has 76 valence electrons. The Labute approximate surface area is 86.9 Å². The van der Waals surface area contributed by atoms with Gasteiger partial charge in [0.2, 0.25) is 0 Å². The van der Waals surface area contributed by atoms with Gasteiger partial charge in [-0.3, -0.25) is 0 Å².